The molecule has 7 nitrogen and oxygen atoms in total. The highest BCUT2D eigenvalue weighted by Crippen LogP contribution is 2.25. The Morgan fingerprint density at radius 3 is 2.48 bits per heavy atom. The molecule has 1 atom stereocenters. The highest BCUT2D eigenvalue weighted by Gasteiger charge is 2.24. The van der Waals surface area contributed by atoms with Crippen LogP contribution in [0.15, 0.2) is 17.0 Å². The number of nitro groups is 1. The Kier molecular flexibility index (Phi) is 5.37. The highest BCUT2D eigenvalue weighted by atomic mass is 32.2. The van der Waals surface area contributed by atoms with Crippen LogP contribution >= 0.6 is 0 Å². The Morgan fingerprint density at radius 1 is 1.43 bits per heavy atom. The van der Waals surface area contributed by atoms with Gasteiger partial charge >= 0.3 is 5.69 Å². The number of nitrogens with one attached hydrogen (secondary N) is 1. The monoisotopic (exact) mass is 320 g/mol. The molecule has 118 valence electrons. The van der Waals surface area contributed by atoms with Crippen LogP contribution in [0.3, 0.4) is 0 Å². The van der Waals surface area contributed by atoms with Gasteiger partial charge in [-0.1, -0.05) is 13.8 Å². The van der Waals surface area contributed by atoms with Gasteiger partial charge < -0.3 is 5.11 Å². The van der Waals surface area contributed by atoms with Gasteiger partial charge in [-0.3, -0.25) is 10.1 Å². The number of hydrogen-bond donors (Lipinski definition) is 2. The number of rotatable bonds is 6. The van der Waals surface area contributed by atoms with Gasteiger partial charge in [0.25, 0.3) is 0 Å². The number of aliphatic hydroxyl groups is 1. The van der Waals surface area contributed by atoms with Crippen LogP contribution < -0.4 is 4.72 Å². The first-order chi connectivity index (χ1) is 9.56. The van der Waals surface area contributed by atoms with Crippen molar-refractivity contribution < 1.29 is 22.8 Å². The second-order valence-electron chi connectivity index (χ2n) is 4.99. The van der Waals surface area contributed by atoms with E-state index in [-0.39, 0.29) is 18.0 Å². The van der Waals surface area contributed by atoms with Gasteiger partial charge in [0.2, 0.25) is 15.8 Å². The minimum absolute atomic E-state index is 0.144. The predicted molar refractivity (Wildman–Crippen MR) is 73.8 cm³/mol. The predicted octanol–water partition coefficient (Wildman–Crippen LogP) is 1.34. The molecule has 0 bridgehead atoms. The molecule has 0 aliphatic carbocycles. The van der Waals surface area contributed by atoms with E-state index >= 15 is 0 Å². The Hall–Kier alpha value is -1.58. The summed E-state index contributed by atoms with van der Waals surface area (Å²) in [6, 6.07) is 1.67. The summed E-state index contributed by atoms with van der Waals surface area (Å²) in [5.41, 5.74) is -1.05. The summed E-state index contributed by atoms with van der Waals surface area (Å²) >= 11 is 0. The smallest absolute Gasteiger partial charge is 0.306 e. The Morgan fingerprint density at radius 2 is 2.00 bits per heavy atom. The van der Waals surface area contributed by atoms with Crippen molar-refractivity contribution in [1.82, 2.24) is 4.72 Å². The molecule has 0 saturated carbocycles. The third-order valence-electron chi connectivity index (χ3n) is 2.97. The number of nitro benzene ring substituents is 1. The maximum absolute atomic E-state index is 13.5. The molecular weight excluding hydrogens is 303 g/mol. The lowest BCUT2D eigenvalue weighted by molar-refractivity contribution is -0.387. The average molecular weight is 320 g/mol. The minimum atomic E-state index is -4.07. The van der Waals surface area contributed by atoms with Crippen molar-refractivity contribution in [2.45, 2.75) is 31.8 Å². The molecule has 2 N–H and O–H groups in total. The van der Waals surface area contributed by atoms with Gasteiger partial charge in [-0.25, -0.2) is 13.1 Å². The molecule has 0 saturated heterocycles. The molecule has 1 aromatic carbocycles. The first-order valence-corrected chi connectivity index (χ1v) is 7.67. The number of aliphatic hydroxyl groups excluding tert-OH is 1. The van der Waals surface area contributed by atoms with Gasteiger partial charge in [0, 0.05) is 12.6 Å². The van der Waals surface area contributed by atoms with Crippen LogP contribution in [0.5, 0.6) is 0 Å². The van der Waals surface area contributed by atoms with E-state index < -0.39 is 37.5 Å². The number of halogens is 1. The van der Waals surface area contributed by atoms with Crippen LogP contribution in [-0.2, 0) is 10.0 Å². The SMILES string of the molecule is Cc1cc(S(=O)(=O)NCC(O)C(C)C)cc([N+](=O)[O-])c1F. The summed E-state index contributed by atoms with van der Waals surface area (Å²) in [6.45, 7) is 4.44. The molecule has 9 heteroatoms. The Balaban J connectivity index is 3.12. The van der Waals surface area contributed by atoms with E-state index in [0.717, 1.165) is 6.07 Å². The molecular formula is C12H17FN2O5S. The first kappa shape index (κ1) is 17.5. The topological polar surface area (TPSA) is 110 Å². The van der Waals surface area contributed by atoms with Crippen molar-refractivity contribution in [1.29, 1.82) is 0 Å². The molecule has 0 fully saturated rings. The normalized spacial score (nSPS) is 13.4. The summed E-state index contributed by atoms with van der Waals surface area (Å²) in [6.07, 6.45) is -0.892. The summed E-state index contributed by atoms with van der Waals surface area (Å²) in [5.74, 6) is -1.22. The van der Waals surface area contributed by atoms with Crippen molar-refractivity contribution in [2.75, 3.05) is 6.54 Å². The van der Waals surface area contributed by atoms with E-state index in [0.29, 0.717) is 6.07 Å². The molecule has 0 amide bonds. The van der Waals surface area contributed by atoms with Gasteiger partial charge in [-0.2, -0.15) is 4.39 Å². The molecule has 1 rings (SSSR count). The van der Waals surface area contributed by atoms with Crippen molar-refractivity contribution in [3.05, 3.63) is 33.6 Å². The zero-order chi connectivity index (χ0) is 16.4. The van der Waals surface area contributed by atoms with E-state index in [4.69, 9.17) is 0 Å². The van der Waals surface area contributed by atoms with Crippen LogP contribution in [0.2, 0.25) is 0 Å². The lowest BCUT2D eigenvalue weighted by Gasteiger charge is -2.15. The van der Waals surface area contributed by atoms with Crippen LogP contribution in [0, 0.1) is 28.8 Å². The van der Waals surface area contributed by atoms with Crippen LogP contribution in [0.4, 0.5) is 10.1 Å². The fraction of sp³-hybridized carbons (Fsp3) is 0.500. The molecule has 0 spiro atoms. The maximum atomic E-state index is 13.5. The fourth-order valence-corrected chi connectivity index (χ4v) is 2.68. The second kappa shape index (κ2) is 6.46. The maximum Gasteiger partial charge on any atom is 0.306 e. The highest BCUT2D eigenvalue weighted by molar-refractivity contribution is 7.89. The van der Waals surface area contributed by atoms with Crippen LogP contribution in [-0.4, -0.2) is 31.1 Å². The lowest BCUT2D eigenvalue weighted by Crippen LogP contribution is -2.34. The molecule has 0 aromatic heterocycles. The van der Waals surface area contributed by atoms with Gasteiger partial charge in [0.05, 0.1) is 15.9 Å². The van der Waals surface area contributed by atoms with Crippen LogP contribution in [0.25, 0.3) is 0 Å². The van der Waals surface area contributed by atoms with E-state index in [1.54, 1.807) is 13.8 Å². The van der Waals surface area contributed by atoms with E-state index in [1.807, 2.05) is 0 Å². The number of aryl methyl sites for hydroxylation is 1. The fourth-order valence-electron chi connectivity index (χ4n) is 1.52. The third kappa shape index (κ3) is 4.19. The molecule has 0 radical (unpaired) electrons. The molecule has 0 aliphatic rings. The lowest BCUT2D eigenvalue weighted by atomic mass is 10.1. The summed E-state index contributed by atoms with van der Waals surface area (Å²) in [7, 11) is -4.07. The van der Waals surface area contributed by atoms with Crippen molar-refractivity contribution in [2.24, 2.45) is 5.92 Å². The zero-order valence-electron chi connectivity index (χ0n) is 11.8. The van der Waals surface area contributed by atoms with Gasteiger partial charge in [-0.05, 0) is 24.5 Å². The van der Waals surface area contributed by atoms with Gasteiger partial charge in [-0.15, -0.1) is 0 Å². The van der Waals surface area contributed by atoms with E-state index in [9.17, 15) is 28.0 Å². The van der Waals surface area contributed by atoms with Crippen LogP contribution in [0.1, 0.15) is 19.4 Å². The third-order valence-corrected chi connectivity index (χ3v) is 4.37. The van der Waals surface area contributed by atoms with Crippen molar-refractivity contribution >= 4 is 15.7 Å². The standard InChI is InChI=1S/C12H17FN2O5S/c1-7(2)11(16)6-14-21(19,20)9-4-8(3)12(13)10(5-9)15(17)18/h4-5,7,11,14,16H,6H2,1-3H3. The number of sulfonamides is 1. The quantitative estimate of drug-likeness (QED) is 0.607. The van der Waals surface area contributed by atoms with Gasteiger partial charge in [0.1, 0.15) is 0 Å². The molecule has 21 heavy (non-hydrogen) atoms. The Labute approximate surface area is 122 Å². The molecule has 0 heterocycles. The van der Waals surface area contributed by atoms with Crippen molar-refractivity contribution in [3.8, 4) is 0 Å². The summed E-state index contributed by atoms with van der Waals surface area (Å²) < 4.78 is 39.8. The Bertz CT molecular complexity index is 645. The van der Waals surface area contributed by atoms with E-state index in [2.05, 4.69) is 4.72 Å². The molecule has 1 unspecified atom stereocenters. The largest absolute Gasteiger partial charge is 0.391 e. The minimum Gasteiger partial charge on any atom is -0.391 e. The zero-order valence-corrected chi connectivity index (χ0v) is 12.6. The summed E-state index contributed by atoms with van der Waals surface area (Å²) in [5, 5.41) is 20.3. The first-order valence-electron chi connectivity index (χ1n) is 6.18. The number of hydrogen-bond acceptors (Lipinski definition) is 5. The number of nitrogens with zero attached hydrogens (tertiary/aromatic N) is 1. The average Bonchev–Trinajstić information content (AvgIpc) is 2.38. The van der Waals surface area contributed by atoms with E-state index in [1.165, 1.54) is 6.92 Å². The second-order valence-corrected chi connectivity index (χ2v) is 6.76. The molecule has 0 aliphatic heterocycles. The summed E-state index contributed by atoms with van der Waals surface area (Å²) in [4.78, 5) is 9.32. The van der Waals surface area contributed by atoms with Crippen molar-refractivity contribution in [3.63, 3.8) is 0 Å². The van der Waals surface area contributed by atoms with Gasteiger partial charge in [0.15, 0.2) is 0 Å². The molecule has 1 aromatic rings. The number of benzene rings is 1.